The van der Waals surface area contributed by atoms with Gasteiger partial charge in [0, 0.05) is 18.0 Å². The largest absolute Gasteiger partial charge is 0.334 e. The number of hydrogen-bond donors (Lipinski definition) is 0. The summed E-state index contributed by atoms with van der Waals surface area (Å²) in [6.45, 7) is 6.46. The fourth-order valence-electron chi connectivity index (χ4n) is 2.22. The van der Waals surface area contributed by atoms with Crippen molar-refractivity contribution in [1.82, 2.24) is 20.0 Å². The maximum atomic E-state index is 5.63. The minimum Gasteiger partial charge on any atom is -0.334 e. The highest BCUT2D eigenvalue weighted by Crippen LogP contribution is 2.24. The Kier molecular flexibility index (Phi) is 5.52. The second-order valence-electron chi connectivity index (χ2n) is 5.23. The highest BCUT2D eigenvalue weighted by molar-refractivity contribution is 7.99. The minimum atomic E-state index is 0.319. The summed E-state index contributed by atoms with van der Waals surface area (Å²) in [4.78, 5) is 2.67. The Labute approximate surface area is 141 Å². The molecule has 0 amide bonds. The van der Waals surface area contributed by atoms with Crippen LogP contribution in [0.3, 0.4) is 0 Å². The topological polar surface area (TPSA) is 46.8 Å². The number of hydrogen-bond acceptors (Lipinski definition) is 5. The Morgan fingerprint density at radius 3 is 2.64 bits per heavy atom. The van der Waals surface area contributed by atoms with Crippen molar-refractivity contribution in [3.05, 3.63) is 35.9 Å². The van der Waals surface area contributed by atoms with E-state index in [1.807, 2.05) is 36.0 Å². The van der Waals surface area contributed by atoms with Crippen molar-refractivity contribution in [2.75, 3.05) is 18.2 Å². The van der Waals surface area contributed by atoms with Gasteiger partial charge in [-0.2, -0.15) is 27.1 Å². The van der Waals surface area contributed by atoms with Gasteiger partial charge in [0.25, 0.3) is 0 Å². The first-order valence-electron chi connectivity index (χ1n) is 7.09. The van der Waals surface area contributed by atoms with Crippen molar-refractivity contribution in [2.45, 2.75) is 32.1 Å². The van der Waals surface area contributed by atoms with E-state index in [1.54, 1.807) is 12.4 Å². The average Bonchev–Trinajstić information content (AvgIpc) is 2.94. The number of nitrogens with zero attached hydrogens (tertiary/aromatic N) is 5. The van der Waals surface area contributed by atoms with Crippen molar-refractivity contribution >= 4 is 34.7 Å². The molecule has 0 saturated carbocycles. The molecule has 0 spiro atoms. The highest BCUT2D eigenvalue weighted by atomic mass is 32.2. The first-order valence-corrected chi connectivity index (χ1v) is 8.78. The lowest BCUT2D eigenvalue weighted by Gasteiger charge is -2.22. The van der Waals surface area contributed by atoms with Crippen LogP contribution in [0.2, 0.25) is 0 Å². The molecule has 2 aromatic rings. The predicted octanol–water partition coefficient (Wildman–Crippen LogP) is 3.11. The van der Waals surface area contributed by atoms with Gasteiger partial charge in [-0.3, -0.25) is 4.68 Å². The van der Waals surface area contributed by atoms with Crippen LogP contribution in [0.5, 0.6) is 0 Å². The Morgan fingerprint density at radius 1 is 1.32 bits per heavy atom. The molecular weight excluding hydrogens is 314 g/mol. The molecule has 22 heavy (non-hydrogen) atoms. The highest BCUT2D eigenvalue weighted by Gasteiger charge is 2.20. The molecule has 0 N–H and O–H groups in total. The molecule has 2 atom stereocenters. The lowest BCUT2D eigenvalue weighted by molar-refractivity contribution is 0.477. The van der Waals surface area contributed by atoms with Crippen molar-refractivity contribution in [3.8, 4) is 0 Å². The minimum absolute atomic E-state index is 0.319. The zero-order chi connectivity index (χ0) is 16.3. The van der Waals surface area contributed by atoms with E-state index >= 15 is 0 Å². The number of thioether (sulfide) groups is 1. The Bertz CT molecular complexity index is 641. The van der Waals surface area contributed by atoms with E-state index in [0.29, 0.717) is 11.3 Å². The summed E-state index contributed by atoms with van der Waals surface area (Å²) in [5.74, 6) is 0. The molecule has 2 heterocycles. The van der Waals surface area contributed by atoms with Gasteiger partial charge in [0.15, 0.2) is 0 Å². The fraction of sp³-hybridized carbons (Fsp3) is 0.467. The molecule has 2 unspecified atom stereocenters. The van der Waals surface area contributed by atoms with E-state index < -0.39 is 0 Å². The molecule has 0 radical (unpaired) electrons. The third-order valence-electron chi connectivity index (χ3n) is 3.97. The molecule has 0 aliphatic heterocycles. The zero-order valence-corrected chi connectivity index (χ0v) is 15.1. The normalized spacial score (nSPS) is 13.7. The van der Waals surface area contributed by atoms with Crippen LogP contribution < -0.4 is 4.90 Å². The van der Waals surface area contributed by atoms with E-state index in [9.17, 15) is 0 Å². The summed E-state index contributed by atoms with van der Waals surface area (Å²) >= 11 is 7.46. The monoisotopic (exact) mass is 335 g/mol. The number of thiocarbonyl (C=S) groups is 1. The molecule has 0 aliphatic rings. The number of aromatic nitrogens is 4. The third kappa shape index (κ3) is 3.30. The van der Waals surface area contributed by atoms with E-state index in [1.165, 1.54) is 0 Å². The van der Waals surface area contributed by atoms with E-state index in [2.05, 4.69) is 47.0 Å². The molecule has 2 rings (SSSR count). The first kappa shape index (κ1) is 16.9. The van der Waals surface area contributed by atoms with Gasteiger partial charge >= 0.3 is 0 Å². The van der Waals surface area contributed by atoms with Gasteiger partial charge in [0.1, 0.15) is 4.99 Å². The van der Waals surface area contributed by atoms with Crippen molar-refractivity contribution in [2.24, 2.45) is 0 Å². The molecule has 7 heteroatoms. The van der Waals surface area contributed by atoms with Crippen LogP contribution in [0.1, 0.15) is 31.1 Å². The fourth-order valence-corrected chi connectivity index (χ4v) is 3.03. The van der Waals surface area contributed by atoms with Crippen LogP contribution in [-0.4, -0.2) is 43.5 Å². The SMILES string of the molecule is CSC(C)C(C)n1ncc(C(=S)N(C)c2ccnnc2)c1C. The average molecular weight is 336 g/mol. The summed E-state index contributed by atoms with van der Waals surface area (Å²) in [5, 5.41) is 12.7. The summed E-state index contributed by atoms with van der Waals surface area (Å²) in [5.41, 5.74) is 2.99. The van der Waals surface area contributed by atoms with Crippen molar-refractivity contribution in [1.29, 1.82) is 0 Å². The molecule has 0 bridgehead atoms. The summed E-state index contributed by atoms with van der Waals surface area (Å²) < 4.78 is 2.06. The van der Waals surface area contributed by atoms with Gasteiger partial charge in [0.05, 0.1) is 35.9 Å². The molecule has 0 fully saturated rings. The second-order valence-corrected chi connectivity index (χ2v) is 6.84. The quantitative estimate of drug-likeness (QED) is 0.783. The maximum absolute atomic E-state index is 5.63. The lowest BCUT2D eigenvalue weighted by atomic mass is 10.2. The van der Waals surface area contributed by atoms with Gasteiger partial charge in [-0.25, -0.2) is 0 Å². The molecule has 118 valence electrons. The van der Waals surface area contributed by atoms with Crippen LogP contribution in [-0.2, 0) is 0 Å². The maximum Gasteiger partial charge on any atom is 0.116 e. The Morgan fingerprint density at radius 2 is 2.05 bits per heavy atom. The van der Waals surface area contributed by atoms with Crippen LogP contribution in [0.4, 0.5) is 5.69 Å². The smallest absolute Gasteiger partial charge is 0.116 e. The molecule has 0 saturated heterocycles. The third-order valence-corrected chi connectivity index (χ3v) is 5.60. The molecule has 0 aromatic carbocycles. The molecule has 2 aromatic heterocycles. The van der Waals surface area contributed by atoms with Crippen LogP contribution in [0.15, 0.2) is 24.7 Å². The Balaban J connectivity index is 2.27. The molecule has 5 nitrogen and oxygen atoms in total. The van der Waals surface area contributed by atoms with E-state index in [-0.39, 0.29) is 0 Å². The number of anilines is 1. The van der Waals surface area contributed by atoms with E-state index in [0.717, 1.165) is 21.9 Å². The van der Waals surface area contributed by atoms with Crippen LogP contribution in [0.25, 0.3) is 0 Å². The summed E-state index contributed by atoms with van der Waals surface area (Å²) in [6.07, 6.45) is 7.33. The van der Waals surface area contributed by atoms with E-state index in [4.69, 9.17) is 12.2 Å². The van der Waals surface area contributed by atoms with Crippen LogP contribution in [0, 0.1) is 6.92 Å². The predicted molar refractivity (Wildman–Crippen MR) is 96.8 cm³/mol. The van der Waals surface area contributed by atoms with Gasteiger partial charge in [-0.05, 0) is 26.2 Å². The lowest BCUT2D eigenvalue weighted by Crippen LogP contribution is -2.26. The van der Waals surface area contributed by atoms with Gasteiger partial charge in [0.2, 0.25) is 0 Å². The standard InChI is InChI=1S/C15H21N5S2/c1-10(12(3)22-5)20-11(2)14(9-18-20)15(21)19(4)13-6-7-16-17-8-13/h6-10,12H,1-5H3. The zero-order valence-electron chi connectivity index (χ0n) is 13.5. The summed E-state index contributed by atoms with van der Waals surface area (Å²) in [7, 11) is 1.93. The van der Waals surface area contributed by atoms with Gasteiger partial charge in [-0.15, -0.1) is 0 Å². The van der Waals surface area contributed by atoms with Crippen LogP contribution >= 0.6 is 24.0 Å². The van der Waals surface area contributed by atoms with Gasteiger partial charge < -0.3 is 4.90 Å². The Hall–Kier alpha value is -1.47. The van der Waals surface area contributed by atoms with Gasteiger partial charge in [-0.1, -0.05) is 19.1 Å². The molecule has 0 aliphatic carbocycles. The number of rotatable bonds is 5. The van der Waals surface area contributed by atoms with Crippen molar-refractivity contribution in [3.63, 3.8) is 0 Å². The molecular formula is C15H21N5S2. The summed E-state index contributed by atoms with van der Waals surface area (Å²) in [6, 6.07) is 2.21. The second kappa shape index (κ2) is 7.19. The first-order chi connectivity index (χ1) is 10.5. The van der Waals surface area contributed by atoms with Crippen molar-refractivity contribution < 1.29 is 0 Å².